The van der Waals surface area contributed by atoms with Crippen LogP contribution in [0.4, 0.5) is 0 Å². The molecule has 0 aromatic carbocycles. The fourth-order valence-electron chi connectivity index (χ4n) is 0.859. The van der Waals surface area contributed by atoms with E-state index in [1.807, 2.05) is 6.92 Å². The maximum Gasteiger partial charge on any atom is 0.243 e. The van der Waals surface area contributed by atoms with Gasteiger partial charge in [0, 0.05) is 12.3 Å². The molecule has 4 heteroatoms. The number of hydroxylamine groups is 1. The van der Waals surface area contributed by atoms with E-state index in [0.29, 0.717) is 32.2 Å². The Balaban J connectivity index is 2.00. The predicted octanol–water partition coefficient (Wildman–Crippen LogP) is 0.0906. The summed E-state index contributed by atoms with van der Waals surface area (Å²) in [5, 5.41) is 0. The summed E-state index contributed by atoms with van der Waals surface area (Å²) in [6.07, 6.45) is 0.514. The number of carbonyl (C=O) groups excluding carboxylic acids is 1. The van der Waals surface area contributed by atoms with Gasteiger partial charge in [-0.3, -0.25) is 9.63 Å². The van der Waals surface area contributed by atoms with E-state index >= 15 is 0 Å². The van der Waals surface area contributed by atoms with Gasteiger partial charge in [-0.15, -0.1) is 0 Å². The van der Waals surface area contributed by atoms with Crippen LogP contribution in [0.5, 0.6) is 0 Å². The normalized spacial score (nSPS) is 17.5. The Hall–Kier alpha value is -0.610. The fraction of sp³-hybridized carbons (Fsp3) is 0.857. The van der Waals surface area contributed by atoms with Crippen molar-refractivity contribution in [2.75, 3.05) is 19.8 Å². The maximum absolute atomic E-state index is 10.9. The number of amides is 1. The van der Waals surface area contributed by atoms with Crippen molar-refractivity contribution in [3.63, 3.8) is 0 Å². The van der Waals surface area contributed by atoms with Gasteiger partial charge in [0.2, 0.25) is 5.91 Å². The summed E-state index contributed by atoms with van der Waals surface area (Å²) < 4.78 is 4.92. The Morgan fingerprint density at radius 3 is 2.91 bits per heavy atom. The van der Waals surface area contributed by atoms with Gasteiger partial charge in [0.1, 0.15) is 0 Å². The van der Waals surface area contributed by atoms with E-state index in [1.54, 1.807) is 0 Å². The second-order valence-corrected chi connectivity index (χ2v) is 2.57. The Morgan fingerprint density at radius 1 is 1.73 bits per heavy atom. The fourth-order valence-corrected chi connectivity index (χ4v) is 0.859. The SMILES string of the molecule is CCONC(=O)CC1COC1. The third-order valence-corrected chi connectivity index (χ3v) is 1.51. The van der Waals surface area contributed by atoms with Crippen molar-refractivity contribution in [1.29, 1.82) is 0 Å². The van der Waals surface area contributed by atoms with Crippen molar-refractivity contribution in [3.8, 4) is 0 Å². The lowest BCUT2D eigenvalue weighted by Gasteiger charge is -2.24. The first-order valence-electron chi connectivity index (χ1n) is 3.81. The summed E-state index contributed by atoms with van der Waals surface area (Å²) >= 11 is 0. The third kappa shape index (κ3) is 2.86. The number of hydrogen-bond acceptors (Lipinski definition) is 3. The highest BCUT2D eigenvalue weighted by Crippen LogP contribution is 2.13. The molecule has 0 bridgehead atoms. The lowest BCUT2D eigenvalue weighted by atomic mass is 10.0. The first-order chi connectivity index (χ1) is 5.33. The van der Waals surface area contributed by atoms with Gasteiger partial charge in [-0.2, -0.15) is 0 Å². The molecule has 64 valence electrons. The van der Waals surface area contributed by atoms with Gasteiger partial charge in [-0.1, -0.05) is 0 Å². The number of carbonyl (C=O) groups is 1. The molecule has 0 aromatic heterocycles. The lowest BCUT2D eigenvalue weighted by molar-refractivity contribution is -0.138. The highest BCUT2D eigenvalue weighted by atomic mass is 16.6. The standard InChI is InChI=1S/C7H13NO3/c1-2-11-8-7(9)3-6-4-10-5-6/h6H,2-5H2,1H3,(H,8,9). The lowest BCUT2D eigenvalue weighted by Crippen LogP contribution is -2.34. The minimum absolute atomic E-state index is 0.0554. The van der Waals surface area contributed by atoms with Gasteiger partial charge in [-0.25, -0.2) is 5.48 Å². The van der Waals surface area contributed by atoms with E-state index in [-0.39, 0.29) is 5.91 Å². The molecule has 1 heterocycles. The monoisotopic (exact) mass is 159 g/mol. The van der Waals surface area contributed by atoms with Crippen molar-refractivity contribution in [2.24, 2.45) is 5.92 Å². The number of ether oxygens (including phenoxy) is 1. The molecule has 1 fully saturated rings. The summed E-state index contributed by atoms with van der Waals surface area (Å²) in [7, 11) is 0. The summed E-state index contributed by atoms with van der Waals surface area (Å²) in [5.74, 6) is 0.343. The van der Waals surface area contributed by atoms with Crippen LogP contribution in [-0.4, -0.2) is 25.7 Å². The van der Waals surface area contributed by atoms with E-state index in [2.05, 4.69) is 5.48 Å². The van der Waals surface area contributed by atoms with E-state index in [9.17, 15) is 4.79 Å². The zero-order valence-electron chi connectivity index (χ0n) is 6.63. The molecule has 0 atom stereocenters. The van der Waals surface area contributed by atoms with Crippen LogP contribution in [-0.2, 0) is 14.4 Å². The summed E-state index contributed by atoms with van der Waals surface area (Å²) in [6.45, 7) is 3.75. The summed E-state index contributed by atoms with van der Waals surface area (Å²) in [6, 6.07) is 0. The second-order valence-electron chi connectivity index (χ2n) is 2.57. The van der Waals surface area contributed by atoms with E-state index < -0.39 is 0 Å². The molecule has 1 aliphatic heterocycles. The van der Waals surface area contributed by atoms with Gasteiger partial charge >= 0.3 is 0 Å². The number of hydrogen-bond donors (Lipinski definition) is 1. The first kappa shape index (κ1) is 8.49. The van der Waals surface area contributed by atoms with Crippen LogP contribution in [0, 0.1) is 5.92 Å². The van der Waals surface area contributed by atoms with Gasteiger partial charge in [0.15, 0.2) is 0 Å². The minimum atomic E-state index is -0.0554. The molecule has 1 N–H and O–H groups in total. The maximum atomic E-state index is 10.9. The molecule has 1 amide bonds. The molecule has 0 aliphatic carbocycles. The van der Waals surface area contributed by atoms with Gasteiger partial charge in [-0.05, 0) is 6.92 Å². The zero-order chi connectivity index (χ0) is 8.10. The molecule has 1 saturated heterocycles. The molecule has 1 rings (SSSR count). The van der Waals surface area contributed by atoms with Crippen molar-refractivity contribution in [2.45, 2.75) is 13.3 Å². The average Bonchev–Trinajstić information content (AvgIpc) is 1.93. The van der Waals surface area contributed by atoms with Crippen LogP contribution < -0.4 is 5.48 Å². The van der Waals surface area contributed by atoms with Crippen LogP contribution in [0.2, 0.25) is 0 Å². The van der Waals surface area contributed by atoms with Gasteiger partial charge in [0.25, 0.3) is 0 Å². The Bertz CT molecular complexity index is 134. The highest BCUT2D eigenvalue weighted by Gasteiger charge is 2.21. The molecule has 0 unspecified atom stereocenters. The number of nitrogens with one attached hydrogen (secondary N) is 1. The van der Waals surface area contributed by atoms with Crippen LogP contribution in [0.25, 0.3) is 0 Å². The van der Waals surface area contributed by atoms with Crippen molar-refractivity contribution in [3.05, 3.63) is 0 Å². The smallest absolute Gasteiger partial charge is 0.243 e. The first-order valence-corrected chi connectivity index (χ1v) is 3.81. The number of rotatable bonds is 4. The second kappa shape index (κ2) is 4.31. The van der Waals surface area contributed by atoms with Crippen LogP contribution in [0.1, 0.15) is 13.3 Å². The highest BCUT2D eigenvalue weighted by molar-refractivity contribution is 5.75. The molecule has 0 spiro atoms. The Kier molecular flexibility index (Phi) is 3.32. The van der Waals surface area contributed by atoms with Gasteiger partial charge < -0.3 is 4.74 Å². The molecular weight excluding hydrogens is 146 g/mol. The molecular formula is C7H13NO3. The predicted molar refractivity (Wildman–Crippen MR) is 38.7 cm³/mol. The zero-order valence-corrected chi connectivity index (χ0v) is 6.63. The van der Waals surface area contributed by atoms with Crippen molar-refractivity contribution < 1.29 is 14.4 Å². The Labute approximate surface area is 65.8 Å². The van der Waals surface area contributed by atoms with Gasteiger partial charge in [0.05, 0.1) is 19.8 Å². The molecule has 1 aliphatic rings. The topological polar surface area (TPSA) is 47.6 Å². The quantitative estimate of drug-likeness (QED) is 0.591. The molecule has 0 radical (unpaired) electrons. The van der Waals surface area contributed by atoms with Crippen LogP contribution in [0.15, 0.2) is 0 Å². The van der Waals surface area contributed by atoms with E-state index in [0.717, 1.165) is 0 Å². The third-order valence-electron chi connectivity index (χ3n) is 1.51. The molecule has 0 aromatic rings. The average molecular weight is 159 g/mol. The minimum Gasteiger partial charge on any atom is -0.381 e. The summed E-state index contributed by atoms with van der Waals surface area (Å²) in [4.78, 5) is 15.6. The summed E-state index contributed by atoms with van der Waals surface area (Å²) in [5.41, 5.74) is 2.34. The molecule has 11 heavy (non-hydrogen) atoms. The Morgan fingerprint density at radius 2 is 2.45 bits per heavy atom. The van der Waals surface area contributed by atoms with Crippen LogP contribution >= 0.6 is 0 Å². The van der Waals surface area contributed by atoms with Crippen LogP contribution in [0.3, 0.4) is 0 Å². The van der Waals surface area contributed by atoms with E-state index in [4.69, 9.17) is 9.57 Å². The van der Waals surface area contributed by atoms with Crippen molar-refractivity contribution in [1.82, 2.24) is 5.48 Å². The van der Waals surface area contributed by atoms with E-state index in [1.165, 1.54) is 0 Å². The molecule has 4 nitrogen and oxygen atoms in total. The largest absolute Gasteiger partial charge is 0.381 e. The van der Waals surface area contributed by atoms with Crippen molar-refractivity contribution >= 4 is 5.91 Å². The molecule has 0 saturated carbocycles.